The van der Waals surface area contributed by atoms with Crippen LogP contribution < -0.4 is 0 Å². The van der Waals surface area contributed by atoms with Gasteiger partial charge in [0.25, 0.3) is 0 Å². The highest BCUT2D eigenvalue weighted by Crippen LogP contribution is 2.35. The van der Waals surface area contributed by atoms with Crippen molar-refractivity contribution in [1.29, 1.82) is 0 Å². The number of benzene rings is 5. The summed E-state index contributed by atoms with van der Waals surface area (Å²) in [5.41, 5.74) is 3.39. The van der Waals surface area contributed by atoms with Crippen molar-refractivity contribution in [2.45, 2.75) is 0 Å². The van der Waals surface area contributed by atoms with Gasteiger partial charge in [-0.15, -0.1) is 0 Å². The number of halogens is 2. The maximum absolute atomic E-state index is 6.93. The summed E-state index contributed by atoms with van der Waals surface area (Å²) in [7, 11) is 0. The summed E-state index contributed by atoms with van der Waals surface area (Å²) in [4.78, 5) is 0. The summed E-state index contributed by atoms with van der Waals surface area (Å²) in [5.74, 6) is 13.0. The Kier molecular flexibility index (Phi) is 5.58. The third kappa shape index (κ3) is 4.08. The molecule has 2 heteroatoms. The van der Waals surface area contributed by atoms with Crippen molar-refractivity contribution in [2.75, 3.05) is 0 Å². The zero-order valence-corrected chi connectivity index (χ0v) is 18.5. The predicted molar refractivity (Wildman–Crippen MR) is 136 cm³/mol. The van der Waals surface area contributed by atoms with Crippen LogP contribution >= 0.6 is 23.2 Å². The van der Waals surface area contributed by atoms with Crippen molar-refractivity contribution in [3.05, 3.63) is 129 Å². The molecule has 0 aliphatic carbocycles. The molecule has 5 aromatic carbocycles. The molecular formula is C30H16Cl2. The van der Waals surface area contributed by atoms with Crippen LogP contribution in [0.2, 0.25) is 10.0 Å². The first kappa shape index (κ1) is 20.2. The maximum atomic E-state index is 6.93. The highest BCUT2D eigenvalue weighted by molar-refractivity contribution is 6.38. The molecule has 0 fully saturated rings. The zero-order chi connectivity index (χ0) is 21.9. The Morgan fingerprint density at radius 3 is 1.81 bits per heavy atom. The van der Waals surface area contributed by atoms with Crippen LogP contribution in [0.1, 0.15) is 22.3 Å². The zero-order valence-electron chi connectivity index (χ0n) is 17.0. The first-order valence-electron chi connectivity index (χ1n) is 10.2. The minimum atomic E-state index is 0.602. The van der Waals surface area contributed by atoms with Crippen molar-refractivity contribution >= 4 is 44.7 Å². The molecule has 0 aliphatic rings. The third-order valence-electron chi connectivity index (χ3n) is 5.24. The summed E-state index contributed by atoms with van der Waals surface area (Å²) in [6, 6.07) is 31.8. The number of hydrogen-bond acceptors (Lipinski definition) is 0. The van der Waals surface area contributed by atoms with Gasteiger partial charge in [-0.25, -0.2) is 0 Å². The van der Waals surface area contributed by atoms with Gasteiger partial charge in [0.2, 0.25) is 0 Å². The Morgan fingerprint density at radius 1 is 0.500 bits per heavy atom. The molecule has 150 valence electrons. The molecule has 0 spiro atoms. The SMILES string of the molecule is Clc1cccc2cc3c(Cl)c(C#Cc4ccccc4)c(C#Cc4ccccc4)cc3cc12. The quantitative estimate of drug-likeness (QED) is 0.166. The lowest BCUT2D eigenvalue weighted by molar-refractivity contribution is 1.61. The van der Waals surface area contributed by atoms with E-state index in [2.05, 4.69) is 41.9 Å². The van der Waals surface area contributed by atoms with E-state index in [1.165, 1.54) is 0 Å². The van der Waals surface area contributed by atoms with Crippen LogP contribution in [0.4, 0.5) is 0 Å². The lowest BCUT2D eigenvalue weighted by Gasteiger charge is -2.09. The van der Waals surface area contributed by atoms with Gasteiger partial charge >= 0.3 is 0 Å². The molecule has 0 saturated heterocycles. The first-order chi connectivity index (χ1) is 15.7. The summed E-state index contributed by atoms with van der Waals surface area (Å²) in [5, 5.41) is 5.26. The molecule has 32 heavy (non-hydrogen) atoms. The van der Waals surface area contributed by atoms with Gasteiger partial charge in [0.05, 0.1) is 10.6 Å². The molecule has 0 nitrogen and oxygen atoms in total. The van der Waals surface area contributed by atoms with Gasteiger partial charge in [0.1, 0.15) is 0 Å². The Morgan fingerprint density at radius 2 is 1.12 bits per heavy atom. The molecule has 0 bridgehead atoms. The fourth-order valence-corrected chi connectivity index (χ4v) is 4.18. The molecule has 0 aromatic heterocycles. The van der Waals surface area contributed by atoms with Crippen LogP contribution in [-0.4, -0.2) is 0 Å². The summed E-state index contributed by atoms with van der Waals surface area (Å²) in [6.07, 6.45) is 0. The van der Waals surface area contributed by atoms with E-state index in [0.29, 0.717) is 10.0 Å². The van der Waals surface area contributed by atoms with Gasteiger partial charge in [0.15, 0.2) is 0 Å². The average molecular weight is 447 g/mol. The minimum absolute atomic E-state index is 0.602. The van der Waals surface area contributed by atoms with Gasteiger partial charge in [-0.3, -0.25) is 0 Å². The Balaban J connectivity index is 1.76. The standard InChI is InChI=1S/C30H16Cl2/c31-29-13-7-12-23-19-28-25(20-27(23)29)18-24(16-14-21-8-3-1-4-9-21)26(30(28)32)17-15-22-10-5-2-6-11-22/h1-13,18-20H. The highest BCUT2D eigenvalue weighted by atomic mass is 35.5. The smallest absolute Gasteiger partial charge is 0.0653 e. The third-order valence-corrected chi connectivity index (χ3v) is 5.97. The van der Waals surface area contributed by atoms with E-state index in [1.54, 1.807) is 0 Å². The Bertz CT molecular complexity index is 1580. The van der Waals surface area contributed by atoms with Gasteiger partial charge in [-0.2, -0.15) is 0 Å². The lowest BCUT2D eigenvalue weighted by atomic mass is 9.97. The minimum Gasteiger partial charge on any atom is -0.0837 e. The molecule has 5 aromatic rings. The van der Waals surface area contributed by atoms with Crippen LogP contribution in [0.25, 0.3) is 21.5 Å². The van der Waals surface area contributed by atoms with E-state index in [0.717, 1.165) is 43.8 Å². The number of hydrogen-bond donors (Lipinski definition) is 0. The van der Waals surface area contributed by atoms with E-state index in [-0.39, 0.29) is 0 Å². The Hall–Kier alpha value is -3.68. The fourth-order valence-electron chi connectivity index (χ4n) is 3.63. The van der Waals surface area contributed by atoms with Gasteiger partial charge in [-0.05, 0) is 59.3 Å². The molecule has 0 atom stereocenters. The van der Waals surface area contributed by atoms with Crippen molar-refractivity contribution in [3.63, 3.8) is 0 Å². The Labute approximate surface area is 197 Å². The summed E-state index contributed by atoms with van der Waals surface area (Å²) in [6.45, 7) is 0. The van der Waals surface area contributed by atoms with Crippen molar-refractivity contribution in [2.24, 2.45) is 0 Å². The van der Waals surface area contributed by atoms with Crippen molar-refractivity contribution in [1.82, 2.24) is 0 Å². The molecule has 0 N–H and O–H groups in total. The summed E-state index contributed by atoms with van der Waals surface area (Å²) < 4.78 is 0. The second-order valence-electron chi connectivity index (χ2n) is 7.38. The van der Waals surface area contributed by atoms with E-state index >= 15 is 0 Å². The topological polar surface area (TPSA) is 0 Å². The van der Waals surface area contributed by atoms with Crippen LogP contribution in [-0.2, 0) is 0 Å². The molecule has 0 unspecified atom stereocenters. The molecule has 5 rings (SSSR count). The molecule has 0 aliphatic heterocycles. The van der Waals surface area contributed by atoms with Gasteiger partial charge in [0, 0.05) is 32.5 Å². The number of fused-ring (bicyclic) bond motifs is 2. The van der Waals surface area contributed by atoms with E-state index in [1.807, 2.05) is 78.9 Å². The predicted octanol–water partition coefficient (Wildman–Crippen LogP) is 8.10. The van der Waals surface area contributed by atoms with E-state index in [4.69, 9.17) is 23.2 Å². The average Bonchev–Trinajstić information content (AvgIpc) is 2.83. The van der Waals surface area contributed by atoms with E-state index < -0.39 is 0 Å². The largest absolute Gasteiger partial charge is 0.0837 e. The molecule has 0 heterocycles. The fraction of sp³-hybridized carbons (Fsp3) is 0. The highest BCUT2D eigenvalue weighted by Gasteiger charge is 2.12. The molecule has 0 radical (unpaired) electrons. The summed E-state index contributed by atoms with van der Waals surface area (Å²) >= 11 is 13.4. The van der Waals surface area contributed by atoms with Crippen LogP contribution in [0.15, 0.2) is 97.1 Å². The molecular weight excluding hydrogens is 431 g/mol. The monoisotopic (exact) mass is 446 g/mol. The second kappa shape index (κ2) is 8.82. The lowest BCUT2D eigenvalue weighted by Crippen LogP contribution is -1.90. The van der Waals surface area contributed by atoms with Gasteiger partial charge < -0.3 is 0 Å². The van der Waals surface area contributed by atoms with E-state index in [9.17, 15) is 0 Å². The normalized spacial score (nSPS) is 10.3. The molecule has 0 saturated carbocycles. The van der Waals surface area contributed by atoms with Crippen LogP contribution in [0, 0.1) is 23.7 Å². The molecule has 0 amide bonds. The van der Waals surface area contributed by atoms with Crippen LogP contribution in [0.5, 0.6) is 0 Å². The maximum Gasteiger partial charge on any atom is 0.0653 e. The second-order valence-corrected chi connectivity index (χ2v) is 8.16. The number of rotatable bonds is 0. The van der Waals surface area contributed by atoms with Crippen molar-refractivity contribution in [3.8, 4) is 23.7 Å². The van der Waals surface area contributed by atoms with Gasteiger partial charge in [-0.1, -0.05) is 95.4 Å². The van der Waals surface area contributed by atoms with Crippen LogP contribution in [0.3, 0.4) is 0 Å². The van der Waals surface area contributed by atoms with Crippen molar-refractivity contribution < 1.29 is 0 Å². The first-order valence-corrected chi connectivity index (χ1v) is 10.9.